The molecule has 1 aliphatic rings. The summed E-state index contributed by atoms with van der Waals surface area (Å²) in [6.07, 6.45) is 17.5. The minimum absolute atomic E-state index is 0.0456. The summed E-state index contributed by atoms with van der Waals surface area (Å²) in [5.74, 6) is 0.450. The van der Waals surface area contributed by atoms with E-state index in [9.17, 15) is 0 Å². The van der Waals surface area contributed by atoms with Gasteiger partial charge in [0.25, 0.3) is 0 Å². The van der Waals surface area contributed by atoms with Gasteiger partial charge in [-0.15, -0.1) is 0 Å². The normalized spacial score (nSPS) is 18.8. The highest BCUT2D eigenvalue weighted by Gasteiger charge is 2.49. The molecule has 0 N–H and O–H groups in total. The summed E-state index contributed by atoms with van der Waals surface area (Å²) >= 11 is 0. The Hall–Kier alpha value is -2.22. The second kappa shape index (κ2) is 13.5. The lowest BCUT2D eigenvalue weighted by Crippen LogP contribution is -2.59. The highest BCUT2D eigenvalue weighted by molar-refractivity contribution is 5.30. The van der Waals surface area contributed by atoms with Crippen LogP contribution in [0.25, 0.3) is 0 Å². The van der Waals surface area contributed by atoms with Crippen LogP contribution in [0.4, 0.5) is 0 Å². The van der Waals surface area contributed by atoms with Crippen molar-refractivity contribution >= 4 is 0 Å². The summed E-state index contributed by atoms with van der Waals surface area (Å²) < 4.78 is 0. The first kappa shape index (κ1) is 25.4. The third kappa shape index (κ3) is 6.43. The zero-order valence-electron chi connectivity index (χ0n) is 21.4. The summed E-state index contributed by atoms with van der Waals surface area (Å²) in [5.41, 5.74) is 2.86. The fraction of sp³-hybridized carbons (Fsp3) is 0.548. The number of rotatable bonds is 15. The Morgan fingerprint density at radius 3 is 1.79 bits per heavy atom. The quantitative estimate of drug-likeness (QED) is 0.253. The third-order valence-corrected chi connectivity index (χ3v) is 7.40. The third-order valence-electron chi connectivity index (χ3n) is 7.40. The minimum Gasteiger partial charge on any atom is -0.353 e. The SMILES string of the molecule is CCCCCCCCN1C=CN(CCCC)C1(Cc1ccccc1)C(CC)c1ccccc1. The average Bonchev–Trinajstić information content (AvgIpc) is 3.19. The van der Waals surface area contributed by atoms with Gasteiger partial charge in [-0.1, -0.05) is 120 Å². The molecule has 0 fully saturated rings. The van der Waals surface area contributed by atoms with Gasteiger partial charge in [0.1, 0.15) is 5.66 Å². The van der Waals surface area contributed by atoms with Gasteiger partial charge in [-0.25, -0.2) is 0 Å². The Morgan fingerprint density at radius 1 is 0.636 bits per heavy atom. The van der Waals surface area contributed by atoms with E-state index in [4.69, 9.17) is 0 Å². The van der Waals surface area contributed by atoms with Crippen LogP contribution in [0.5, 0.6) is 0 Å². The van der Waals surface area contributed by atoms with E-state index in [1.165, 1.54) is 62.5 Å². The Kier molecular flexibility index (Phi) is 10.4. The summed E-state index contributed by atoms with van der Waals surface area (Å²) in [6, 6.07) is 22.4. The van der Waals surface area contributed by atoms with Crippen molar-refractivity contribution in [2.24, 2.45) is 0 Å². The van der Waals surface area contributed by atoms with Crippen LogP contribution in [-0.4, -0.2) is 28.6 Å². The molecule has 3 rings (SSSR count). The number of hydrogen-bond acceptors (Lipinski definition) is 2. The monoisotopic (exact) mass is 446 g/mol. The lowest BCUT2D eigenvalue weighted by Gasteiger charge is -2.51. The van der Waals surface area contributed by atoms with Crippen LogP contribution in [0.1, 0.15) is 95.6 Å². The van der Waals surface area contributed by atoms with E-state index in [2.05, 4.69) is 104 Å². The van der Waals surface area contributed by atoms with E-state index in [1.54, 1.807) is 0 Å². The number of benzene rings is 2. The Labute approximate surface area is 203 Å². The Morgan fingerprint density at radius 2 is 1.18 bits per heavy atom. The van der Waals surface area contributed by atoms with E-state index in [1.807, 2.05) is 0 Å². The van der Waals surface area contributed by atoms with Crippen LogP contribution >= 0.6 is 0 Å². The standard InChI is InChI=1S/C31H46N2/c1-4-7-9-10-11-18-24-33-26-25-32(23-8-5-2)31(33,27-28-19-14-12-15-20-28)30(6-3)29-21-16-13-17-22-29/h12-17,19-22,25-26,30H,4-11,18,23-24,27H2,1-3H3. The van der Waals surface area contributed by atoms with E-state index in [0.717, 1.165) is 25.9 Å². The van der Waals surface area contributed by atoms with Gasteiger partial charge in [-0.05, 0) is 30.4 Å². The molecule has 2 aromatic carbocycles. The van der Waals surface area contributed by atoms with Gasteiger partial charge in [-0.3, -0.25) is 0 Å². The molecule has 0 bridgehead atoms. The van der Waals surface area contributed by atoms with Crippen LogP contribution in [0.3, 0.4) is 0 Å². The van der Waals surface area contributed by atoms with E-state index < -0.39 is 0 Å². The zero-order chi connectivity index (χ0) is 23.4. The van der Waals surface area contributed by atoms with Crippen LogP contribution in [-0.2, 0) is 6.42 Å². The van der Waals surface area contributed by atoms with E-state index in [0.29, 0.717) is 5.92 Å². The summed E-state index contributed by atoms with van der Waals surface area (Å²) in [5, 5.41) is 0. The molecule has 2 aromatic rings. The largest absolute Gasteiger partial charge is 0.353 e. The first-order valence-electron chi connectivity index (χ1n) is 13.6. The molecule has 1 aliphatic heterocycles. The fourth-order valence-corrected chi connectivity index (χ4v) is 5.65. The van der Waals surface area contributed by atoms with Crippen LogP contribution in [0.2, 0.25) is 0 Å². The zero-order valence-corrected chi connectivity index (χ0v) is 21.4. The first-order valence-corrected chi connectivity index (χ1v) is 13.6. The molecular weight excluding hydrogens is 400 g/mol. The molecule has 33 heavy (non-hydrogen) atoms. The van der Waals surface area contributed by atoms with Crippen molar-refractivity contribution in [3.8, 4) is 0 Å². The van der Waals surface area contributed by atoms with Gasteiger partial charge in [0, 0.05) is 37.8 Å². The minimum atomic E-state index is -0.0456. The van der Waals surface area contributed by atoms with Gasteiger partial charge in [0.15, 0.2) is 0 Å². The molecular formula is C31H46N2. The molecule has 0 radical (unpaired) electrons. The van der Waals surface area contributed by atoms with Gasteiger partial charge in [0.05, 0.1) is 0 Å². The topological polar surface area (TPSA) is 6.48 Å². The Bertz CT molecular complexity index is 800. The van der Waals surface area contributed by atoms with Gasteiger partial charge >= 0.3 is 0 Å². The predicted molar refractivity (Wildman–Crippen MR) is 143 cm³/mol. The molecule has 2 nitrogen and oxygen atoms in total. The predicted octanol–water partition coefficient (Wildman–Crippen LogP) is 8.37. The molecule has 2 atom stereocenters. The lowest BCUT2D eigenvalue weighted by molar-refractivity contribution is -0.00355. The second-order valence-corrected chi connectivity index (χ2v) is 9.72. The van der Waals surface area contributed by atoms with Gasteiger partial charge < -0.3 is 9.80 Å². The first-order chi connectivity index (χ1) is 16.3. The molecule has 0 saturated heterocycles. The smallest absolute Gasteiger partial charge is 0.123 e. The van der Waals surface area contributed by atoms with Crippen molar-refractivity contribution in [1.82, 2.24) is 9.80 Å². The molecule has 0 spiro atoms. The van der Waals surface area contributed by atoms with Crippen molar-refractivity contribution in [3.05, 3.63) is 84.2 Å². The maximum atomic E-state index is 2.72. The molecule has 180 valence electrons. The maximum absolute atomic E-state index is 2.72. The van der Waals surface area contributed by atoms with E-state index in [-0.39, 0.29) is 5.66 Å². The molecule has 2 heteroatoms. The van der Waals surface area contributed by atoms with E-state index >= 15 is 0 Å². The maximum Gasteiger partial charge on any atom is 0.123 e. The van der Waals surface area contributed by atoms with Gasteiger partial charge in [0.2, 0.25) is 0 Å². The highest BCUT2D eigenvalue weighted by Crippen LogP contribution is 2.45. The highest BCUT2D eigenvalue weighted by atomic mass is 15.4. The van der Waals surface area contributed by atoms with Crippen LogP contribution < -0.4 is 0 Å². The molecule has 0 amide bonds. The second-order valence-electron chi connectivity index (χ2n) is 9.72. The van der Waals surface area contributed by atoms with Crippen molar-refractivity contribution < 1.29 is 0 Å². The molecule has 0 aromatic heterocycles. The molecule has 2 unspecified atom stereocenters. The average molecular weight is 447 g/mol. The Balaban J connectivity index is 1.94. The van der Waals surface area contributed by atoms with Crippen molar-refractivity contribution in [2.45, 2.75) is 96.6 Å². The molecule has 1 heterocycles. The lowest BCUT2D eigenvalue weighted by atomic mass is 9.78. The summed E-state index contributed by atoms with van der Waals surface area (Å²) in [6.45, 7) is 9.24. The van der Waals surface area contributed by atoms with Crippen LogP contribution in [0.15, 0.2) is 73.1 Å². The number of unbranched alkanes of at least 4 members (excludes halogenated alkanes) is 6. The summed E-state index contributed by atoms with van der Waals surface area (Å²) in [4.78, 5) is 5.42. The molecule has 0 saturated carbocycles. The fourth-order valence-electron chi connectivity index (χ4n) is 5.65. The van der Waals surface area contributed by atoms with Gasteiger partial charge in [-0.2, -0.15) is 0 Å². The summed E-state index contributed by atoms with van der Waals surface area (Å²) in [7, 11) is 0. The number of nitrogens with zero attached hydrogens (tertiary/aromatic N) is 2. The van der Waals surface area contributed by atoms with Crippen LogP contribution in [0, 0.1) is 0 Å². The molecule has 0 aliphatic carbocycles. The number of hydrogen-bond donors (Lipinski definition) is 0. The van der Waals surface area contributed by atoms with Crippen molar-refractivity contribution in [1.29, 1.82) is 0 Å². The van der Waals surface area contributed by atoms with Crippen molar-refractivity contribution in [2.75, 3.05) is 13.1 Å². The van der Waals surface area contributed by atoms with Crippen molar-refractivity contribution in [3.63, 3.8) is 0 Å².